The van der Waals surface area contributed by atoms with Gasteiger partial charge in [0, 0.05) is 34.2 Å². The quantitative estimate of drug-likeness (QED) is 0.390. The van der Waals surface area contributed by atoms with Crippen LogP contribution >= 0.6 is 11.6 Å². The Labute approximate surface area is 179 Å². The molecule has 5 rings (SSSR count). The maximum Gasteiger partial charge on any atom is 0.207 e. The third-order valence-electron chi connectivity index (χ3n) is 5.19. The molecule has 2 heterocycles. The van der Waals surface area contributed by atoms with Crippen LogP contribution in [0.15, 0.2) is 79.0 Å². The molecule has 0 spiro atoms. The van der Waals surface area contributed by atoms with Crippen LogP contribution in [0.4, 0.5) is 0 Å². The van der Waals surface area contributed by atoms with Crippen molar-refractivity contribution in [3.8, 4) is 11.4 Å². The van der Waals surface area contributed by atoms with E-state index in [-0.39, 0.29) is 0 Å². The number of tetrazole rings is 1. The largest absolute Gasteiger partial charge is 0.342 e. The van der Waals surface area contributed by atoms with Crippen molar-refractivity contribution in [3.05, 3.63) is 101 Å². The van der Waals surface area contributed by atoms with Gasteiger partial charge in [-0.3, -0.25) is 0 Å². The van der Waals surface area contributed by atoms with Crippen LogP contribution in [0.1, 0.15) is 16.7 Å². The minimum atomic E-state index is 0.548. The number of rotatable bonds is 5. The van der Waals surface area contributed by atoms with E-state index in [9.17, 15) is 0 Å². The Morgan fingerprint density at radius 1 is 0.833 bits per heavy atom. The zero-order valence-electron chi connectivity index (χ0n) is 16.5. The number of fused-ring (bicyclic) bond motifs is 1. The lowest BCUT2D eigenvalue weighted by Gasteiger charge is -2.05. The summed E-state index contributed by atoms with van der Waals surface area (Å²) in [6.45, 7) is 3.44. The van der Waals surface area contributed by atoms with E-state index in [1.54, 1.807) is 4.80 Å². The second-order valence-electron chi connectivity index (χ2n) is 7.44. The SMILES string of the molecule is Cc1ccc(Cn2cc(-c3nnn(Cc4ccc(Cl)cc4)n3)c3ccccc32)cc1. The molecular formula is C24H20ClN5. The highest BCUT2D eigenvalue weighted by Crippen LogP contribution is 2.29. The molecule has 0 radical (unpaired) electrons. The second-order valence-corrected chi connectivity index (χ2v) is 7.88. The first-order valence-electron chi connectivity index (χ1n) is 9.82. The molecule has 2 aromatic heterocycles. The standard InChI is InChI=1S/C24H20ClN5/c1-17-6-8-18(9-7-17)14-29-16-22(21-4-2-3-5-23(21)29)24-26-28-30(27-24)15-19-10-12-20(25)13-11-19/h2-13,16H,14-15H2,1H3. The summed E-state index contributed by atoms with van der Waals surface area (Å²) in [6, 6.07) is 24.6. The third kappa shape index (κ3) is 3.72. The summed E-state index contributed by atoms with van der Waals surface area (Å²) in [7, 11) is 0. The van der Waals surface area contributed by atoms with E-state index in [1.165, 1.54) is 11.1 Å². The van der Waals surface area contributed by atoms with Gasteiger partial charge in [-0.05, 0) is 41.5 Å². The van der Waals surface area contributed by atoms with Gasteiger partial charge in [-0.1, -0.05) is 71.8 Å². The number of hydrogen-bond acceptors (Lipinski definition) is 3. The zero-order chi connectivity index (χ0) is 20.5. The Morgan fingerprint density at radius 2 is 1.53 bits per heavy atom. The van der Waals surface area contributed by atoms with Gasteiger partial charge in [0.05, 0.1) is 6.54 Å². The highest BCUT2D eigenvalue weighted by molar-refractivity contribution is 6.30. The van der Waals surface area contributed by atoms with Crippen LogP contribution in [0.5, 0.6) is 0 Å². The number of hydrogen-bond donors (Lipinski definition) is 0. The maximum atomic E-state index is 5.97. The molecule has 0 atom stereocenters. The van der Waals surface area contributed by atoms with Gasteiger partial charge in [-0.25, -0.2) is 0 Å². The Hall–Kier alpha value is -3.44. The first kappa shape index (κ1) is 18.6. The number of aryl methyl sites for hydroxylation is 1. The maximum absolute atomic E-state index is 5.97. The molecule has 0 amide bonds. The van der Waals surface area contributed by atoms with E-state index in [2.05, 4.69) is 75.6 Å². The molecule has 0 bridgehead atoms. The molecule has 0 aliphatic carbocycles. The van der Waals surface area contributed by atoms with Crippen molar-refractivity contribution in [2.24, 2.45) is 0 Å². The van der Waals surface area contributed by atoms with Gasteiger partial charge in [-0.15, -0.1) is 10.2 Å². The first-order chi connectivity index (χ1) is 14.7. The second kappa shape index (κ2) is 7.76. The van der Waals surface area contributed by atoms with Crippen LogP contribution in [0.3, 0.4) is 0 Å². The number of aromatic nitrogens is 5. The Bertz CT molecular complexity index is 1300. The van der Waals surface area contributed by atoms with Crippen LogP contribution < -0.4 is 0 Å². The van der Waals surface area contributed by atoms with Crippen molar-refractivity contribution in [2.45, 2.75) is 20.0 Å². The Kier molecular flexibility index (Phi) is 4.81. The molecule has 0 N–H and O–H groups in total. The van der Waals surface area contributed by atoms with E-state index in [4.69, 9.17) is 11.6 Å². The van der Waals surface area contributed by atoms with Gasteiger partial charge < -0.3 is 4.57 Å². The number of nitrogens with zero attached hydrogens (tertiary/aromatic N) is 5. The smallest absolute Gasteiger partial charge is 0.207 e. The van der Waals surface area contributed by atoms with E-state index in [0.717, 1.165) is 28.6 Å². The van der Waals surface area contributed by atoms with Crippen LogP contribution in [0.25, 0.3) is 22.3 Å². The molecule has 0 saturated carbocycles. The average Bonchev–Trinajstić information content (AvgIpc) is 3.36. The lowest BCUT2D eigenvalue weighted by molar-refractivity contribution is 0.573. The monoisotopic (exact) mass is 413 g/mol. The molecule has 0 fully saturated rings. The van der Waals surface area contributed by atoms with Gasteiger partial charge in [0.25, 0.3) is 0 Å². The molecule has 6 heteroatoms. The lowest BCUT2D eigenvalue weighted by atomic mass is 10.1. The molecule has 0 saturated heterocycles. The first-order valence-corrected chi connectivity index (χ1v) is 10.2. The molecule has 30 heavy (non-hydrogen) atoms. The van der Waals surface area contributed by atoms with Crippen LogP contribution in [0.2, 0.25) is 5.02 Å². The minimum Gasteiger partial charge on any atom is -0.342 e. The normalized spacial score (nSPS) is 11.3. The molecule has 5 nitrogen and oxygen atoms in total. The van der Waals surface area contributed by atoms with Gasteiger partial charge in [0.2, 0.25) is 5.82 Å². The highest BCUT2D eigenvalue weighted by atomic mass is 35.5. The van der Waals surface area contributed by atoms with Crippen molar-refractivity contribution < 1.29 is 0 Å². The van der Waals surface area contributed by atoms with Gasteiger partial charge in [0.15, 0.2) is 0 Å². The summed E-state index contributed by atoms with van der Waals surface area (Å²) in [5.74, 6) is 0.628. The summed E-state index contributed by atoms with van der Waals surface area (Å²) >= 11 is 5.97. The molecule has 148 valence electrons. The number of benzene rings is 3. The summed E-state index contributed by atoms with van der Waals surface area (Å²) < 4.78 is 2.25. The number of halogens is 1. The number of para-hydroxylation sites is 1. The Morgan fingerprint density at radius 3 is 2.33 bits per heavy atom. The van der Waals surface area contributed by atoms with Gasteiger partial charge in [0.1, 0.15) is 0 Å². The van der Waals surface area contributed by atoms with E-state index in [0.29, 0.717) is 17.4 Å². The molecular weight excluding hydrogens is 394 g/mol. The van der Waals surface area contributed by atoms with E-state index >= 15 is 0 Å². The van der Waals surface area contributed by atoms with Crippen molar-refractivity contribution in [1.82, 2.24) is 24.8 Å². The molecule has 5 aromatic rings. The minimum absolute atomic E-state index is 0.548. The van der Waals surface area contributed by atoms with Crippen LogP contribution in [-0.2, 0) is 13.1 Å². The fourth-order valence-corrected chi connectivity index (χ4v) is 3.74. The van der Waals surface area contributed by atoms with Crippen molar-refractivity contribution in [3.63, 3.8) is 0 Å². The predicted molar refractivity (Wildman–Crippen MR) is 120 cm³/mol. The Balaban J connectivity index is 1.48. The van der Waals surface area contributed by atoms with Crippen molar-refractivity contribution in [1.29, 1.82) is 0 Å². The van der Waals surface area contributed by atoms with Gasteiger partial charge in [-0.2, -0.15) is 4.80 Å². The molecule has 3 aromatic carbocycles. The molecule has 0 aliphatic rings. The van der Waals surface area contributed by atoms with Crippen LogP contribution in [0, 0.1) is 6.92 Å². The summed E-state index contributed by atoms with van der Waals surface area (Å²) in [4.78, 5) is 1.62. The van der Waals surface area contributed by atoms with Crippen molar-refractivity contribution >= 4 is 22.5 Å². The van der Waals surface area contributed by atoms with Crippen LogP contribution in [-0.4, -0.2) is 24.8 Å². The fourth-order valence-electron chi connectivity index (χ4n) is 3.62. The van der Waals surface area contributed by atoms with Gasteiger partial charge >= 0.3 is 0 Å². The molecule has 0 aliphatic heterocycles. The third-order valence-corrected chi connectivity index (χ3v) is 5.45. The lowest BCUT2D eigenvalue weighted by Crippen LogP contribution is -2.03. The summed E-state index contributed by atoms with van der Waals surface area (Å²) in [5.41, 5.74) is 5.73. The van der Waals surface area contributed by atoms with Crippen molar-refractivity contribution in [2.75, 3.05) is 0 Å². The predicted octanol–water partition coefficient (Wildman–Crippen LogP) is 5.35. The fraction of sp³-hybridized carbons (Fsp3) is 0.125. The van der Waals surface area contributed by atoms with E-state index < -0.39 is 0 Å². The average molecular weight is 414 g/mol. The topological polar surface area (TPSA) is 48.5 Å². The highest BCUT2D eigenvalue weighted by Gasteiger charge is 2.15. The molecule has 0 unspecified atom stereocenters. The summed E-state index contributed by atoms with van der Waals surface area (Å²) in [6.07, 6.45) is 2.12. The zero-order valence-corrected chi connectivity index (χ0v) is 17.3. The van der Waals surface area contributed by atoms with E-state index in [1.807, 2.05) is 30.3 Å². The summed E-state index contributed by atoms with van der Waals surface area (Å²) in [5, 5.41) is 15.0.